The van der Waals surface area contributed by atoms with Crippen molar-refractivity contribution in [3.63, 3.8) is 0 Å². The van der Waals surface area contributed by atoms with Crippen LogP contribution in [-0.2, 0) is 9.59 Å². The number of carbonyl (C=O) groups excluding carboxylic acids is 2. The normalized spacial score (nSPS) is 17.2. The van der Waals surface area contributed by atoms with Gasteiger partial charge in [0.25, 0.3) is 0 Å². The Morgan fingerprint density at radius 3 is 2.95 bits per heavy atom. The number of hydrogen-bond acceptors (Lipinski definition) is 5. The predicted molar refractivity (Wildman–Crippen MR) is 69.9 cm³/mol. The standard InChI is InChI=1S/C12H12N6O2/c1-7-14-12-16-10(19)6-9(18(12)17-7)11(20)15-8-2-4-13-5-3-8/h2-5,9H,6H2,1H3,(H,13,15,20)(H,14,16,17,19)/t9-/m1/s1. The van der Waals surface area contributed by atoms with Crippen molar-refractivity contribution in [3.05, 3.63) is 30.4 Å². The molecule has 3 rings (SSSR count). The van der Waals surface area contributed by atoms with Crippen LogP contribution in [-0.4, -0.2) is 31.6 Å². The highest BCUT2D eigenvalue weighted by atomic mass is 16.2. The van der Waals surface area contributed by atoms with Crippen molar-refractivity contribution >= 4 is 23.5 Å². The maximum absolute atomic E-state index is 12.3. The van der Waals surface area contributed by atoms with Crippen LogP contribution in [0.4, 0.5) is 11.6 Å². The third kappa shape index (κ3) is 2.22. The van der Waals surface area contributed by atoms with Crippen LogP contribution in [0.5, 0.6) is 0 Å². The molecule has 8 heteroatoms. The lowest BCUT2D eigenvalue weighted by Crippen LogP contribution is -2.36. The van der Waals surface area contributed by atoms with Gasteiger partial charge in [-0.25, -0.2) is 4.68 Å². The van der Waals surface area contributed by atoms with E-state index in [1.807, 2.05) is 0 Å². The monoisotopic (exact) mass is 272 g/mol. The van der Waals surface area contributed by atoms with Gasteiger partial charge < -0.3 is 5.32 Å². The third-order valence-electron chi connectivity index (χ3n) is 2.91. The van der Waals surface area contributed by atoms with Crippen LogP contribution in [0, 0.1) is 6.92 Å². The molecule has 1 aliphatic rings. The Labute approximate surface area is 114 Å². The molecule has 0 aromatic carbocycles. The molecule has 0 radical (unpaired) electrons. The molecule has 0 bridgehead atoms. The Hall–Kier alpha value is -2.77. The van der Waals surface area contributed by atoms with E-state index >= 15 is 0 Å². The second-order valence-electron chi connectivity index (χ2n) is 4.42. The Morgan fingerprint density at radius 1 is 1.45 bits per heavy atom. The Morgan fingerprint density at radius 2 is 2.20 bits per heavy atom. The molecule has 2 aromatic heterocycles. The number of hydrogen-bond donors (Lipinski definition) is 2. The number of aromatic nitrogens is 4. The quantitative estimate of drug-likeness (QED) is 0.829. The summed E-state index contributed by atoms with van der Waals surface area (Å²) >= 11 is 0. The zero-order valence-corrected chi connectivity index (χ0v) is 10.7. The van der Waals surface area contributed by atoms with Crippen molar-refractivity contribution in [2.75, 3.05) is 10.6 Å². The van der Waals surface area contributed by atoms with E-state index in [-0.39, 0.29) is 18.2 Å². The second kappa shape index (κ2) is 4.72. The van der Waals surface area contributed by atoms with E-state index in [1.54, 1.807) is 31.5 Å². The van der Waals surface area contributed by atoms with Gasteiger partial charge in [-0.3, -0.25) is 19.9 Å². The summed E-state index contributed by atoms with van der Waals surface area (Å²) in [6.45, 7) is 1.70. The molecule has 0 saturated heterocycles. The SMILES string of the molecule is Cc1nc2n(n1)[C@@H](C(=O)Nc1ccncc1)CC(=O)N2. The van der Waals surface area contributed by atoms with Gasteiger partial charge in [-0.2, -0.15) is 10.1 Å². The zero-order valence-electron chi connectivity index (χ0n) is 10.7. The first kappa shape index (κ1) is 12.3. The van der Waals surface area contributed by atoms with Crippen LogP contribution in [0.3, 0.4) is 0 Å². The van der Waals surface area contributed by atoms with Crippen molar-refractivity contribution in [2.45, 2.75) is 19.4 Å². The van der Waals surface area contributed by atoms with Crippen LogP contribution in [0.15, 0.2) is 24.5 Å². The average molecular weight is 272 g/mol. The van der Waals surface area contributed by atoms with E-state index in [1.165, 1.54) is 4.68 Å². The summed E-state index contributed by atoms with van der Waals surface area (Å²) in [5, 5.41) is 9.47. The summed E-state index contributed by atoms with van der Waals surface area (Å²) < 4.78 is 1.44. The molecule has 2 aromatic rings. The molecule has 0 spiro atoms. The Bertz CT molecular complexity index is 666. The summed E-state index contributed by atoms with van der Waals surface area (Å²) in [5.41, 5.74) is 0.620. The van der Waals surface area contributed by atoms with Gasteiger partial charge in [0.15, 0.2) is 0 Å². The molecule has 2 N–H and O–H groups in total. The number of nitrogens with one attached hydrogen (secondary N) is 2. The number of aryl methyl sites for hydroxylation is 1. The molecule has 20 heavy (non-hydrogen) atoms. The van der Waals surface area contributed by atoms with Gasteiger partial charge in [0.05, 0.1) is 6.42 Å². The lowest BCUT2D eigenvalue weighted by molar-refractivity contribution is -0.125. The van der Waals surface area contributed by atoms with Gasteiger partial charge in [0.1, 0.15) is 11.9 Å². The number of amides is 2. The van der Waals surface area contributed by atoms with Crippen molar-refractivity contribution in [2.24, 2.45) is 0 Å². The van der Waals surface area contributed by atoms with Crippen LogP contribution in [0.25, 0.3) is 0 Å². The predicted octanol–water partition coefficient (Wildman–Crippen LogP) is 0.504. The fourth-order valence-electron chi connectivity index (χ4n) is 2.04. The molecule has 1 atom stereocenters. The minimum atomic E-state index is -0.701. The van der Waals surface area contributed by atoms with Crippen molar-refractivity contribution < 1.29 is 9.59 Å². The van der Waals surface area contributed by atoms with E-state index < -0.39 is 6.04 Å². The minimum Gasteiger partial charge on any atom is -0.324 e. The molecule has 2 amide bonds. The largest absolute Gasteiger partial charge is 0.324 e. The summed E-state index contributed by atoms with van der Waals surface area (Å²) in [6.07, 6.45) is 3.19. The molecular formula is C12H12N6O2. The smallest absolute Gasteiger partial charge is 0.249 e. The zero-order chi connectivity index (χ0) is 14.1. The highest BCUT2D eigenvalue weighted by Gasteiger charge is 2.32. The maximum Gasteiger partial charge on any atom is 0.249 e. The van der Waals surface area contributed by atoms with E-state index in [0.29, 0.717) is 17.5 Å². The van der Waals surface area contributed by atoms with Gasteiger partial charge in [-0.05, 0) is 19.1 Å². The summed E-state index contributed by atoms with van der Waals surface area (Å²) in [6, 6.07) is 2.65. The van der Waals surface area contributed by atoms with Crippen LogP contribution in [0.1, 0.15) is 18.3 Å². The Kier molecular flexibility index (Phi) is 2.90. The maximum atomic E-state index is 12.3. The molecule has 0 fully saturated rings. The van der Waals surface area contributed by atoms with E-state index in [2.05, 4.69) is 25.7 Å². The average Bonchev–Trinajstić information content (AvgIpc) is 2.78. The topological polar surface area (TPSA) is 102 Å². The highest BCUT2D eigenvalue weighted by Crippen LogP contribution is 2.23. The lowest BCUT2D eigenvalue weighted by Gasteiger charge is -2.22. The van der Waals surface area contributed by atoms with Gasteiger partial charge in [-0.15, -0.1) is 0 Å². The lowest BCUT2D eigenvalue weighted by atomic mass is 10.1. The Balaban J connectivity index is 1.86. The number of pyridine rings is 1. The number of anilines is 2. The number of rotatable bonds is 2. The van der Waals surface area contributed by atoms with Crippen LogP contribution >= 0.6 is 0 Å². The molecule has 3 heterocycles. The number of carbonyl (C=O) groups is 2. The number of fused-ring (bicyclic) bond motifs is 1. The van der Waals surface area contributed by atoms with Gasteiger partial charge in [0.2, 0.25) is 17.8 Å². The van der Waals surface area contributed by atoms with Gasteiger partial charge >= 0.3 is 0 Å². The number of nitrogens with zero attached hydrogens (tertiary/aromatic N) is 4. The minimum absolute atomic E-state index is 0.0344. The van der Waals surface area contributed by atoms with Crippen molar-refractivity contribution in [1.82, 2.24) is 19.7 Å². The first-order valence-electron chi connectivity index (χ1n) is 6.07. The van der Waals surface area contributed by atoms with Crippen molar-refractivity contribution in [3.8, 4) is 0 Å². The van der Waals surface area contributed by atoms with E-state index in [4.69, 9.17) is 0 Å². The molecule has 8 nitrogen and oxygen atoms in total. The van der Waals surface area contributed by atoms with Crippen LogP contribution in [0.2, 0.25) is 0 Å². The highest BCUT2D eigenvalue weighted by molar-refractivity contribution is 6.00. The molecular weight excluding hydrogens is 260 g/mol. The van der Waals surface area contributed by atoms with E-state index in [9.17, 15) is 9.59 Å². The second-order valence-corrected chi connectivity index (χ2v) is 4.42. The van der Waals surface area contributed by atoms with E-state index in [0.717, 1.165) is 0 Å². The molecule has 1 aliphatic heterocycles. The fraction of sp³-hybridized carbons (Fsp3) is 0.250. The fourth-order valence-corrected chi connectivity index (χ4v) is 2.04. The summed E-state index contributed by atoms with van der Waals surface area (Å²) in [4.78, 5) is 31.8. The van der Waals surface area contributed by atoms with Crippen molar-refractivity contribution in [1.29, 1.82) is 0 Å². The van der Waals surface area contributed by atoms with Crippen LogP contribution < -0.4 is 10.6 Å². The summed E-state index contributed by atoms with van der Waals surface area (Å²) in [5.74, 6) is 0.245. The molecule has 0 saturated carbocycles. The van der Waals surface area contributed by atoms with Gasteiger partial charge in [0, 0.05) is 18.1 Å². The van der Waals surface area contributed by atoms with Gasteiger partial charge in [-0.1, -0.05) is 0 Å². The molecule has 0 aliphatic carbocycles. The molecule has 102 valence electrons. The first-order chi connectivity index (χ1) is 9.63. The summed E-state index contributed by atoms with van der Waals surface area (Å²) in [7, 11) is 0. The third-order valence-corrected chi connectivity index (χ3v) is 2.91. The molecule has 0 unspecified atom stereocenters. The first-order valence-corrected chi connectivity index (χ1v) is 6.07.